The summed E-state index contributed by atoms with van der Waals surface area (Å²) >= 11 is 6.74. The van der Waals surface area contributed by atoms with Crippen LogP contribution in [-0.4, -0.2) is 12.5 Å². The van der Waals surface area contributed by atoms with E-state index in [1.807, 2.05) is 18.2 Å². The summed E-state index contributed by atoms with van der Waals surface area (Å²) in [5.41, 5.74) is 0.680. The largest absolute Gasteiger partial charge is 0.352 e. The van der Waals surface area contributed by atoms with Crippen LogP contribution in [0.2, 0.25) is 0 Å². The van der Waals surface area contributed by atoms with Crippen LogP contribution in [0.1, 0.15) is 36.5 Å². The Kier molecular flexibility index (Phi) is 6.06. The molecule has 1 aromatic rings. The van der Waals surface area contributed by atoms with Gasteiger partial charge in [0.2, 0.25) is 0 Å². The summed E-state index contributed by atoms with van der Waals surface area (Å²) in [6, 6.07) is 5.55. The van der Waals surface area contributed by atoms with Gasteiger partial charge in [0.15, 0.2) is 0 Å². The maximum absolute atomic E-state index is 11.8. The van der Waals surface area contributed by atoms with E-state index >= 15 is 0 Å². The fraction of sp³-hybridized carbons (Fsp3) is 0.417. The van der Waals surface area contributed by atoms with Crippen LogP contribution < -0.4 is 5.32 Å². The summed E-state index contributed by atoms with van der Waals surface area (Å²) in [5, 5.41) is 2.91. The quantitative estimate of drug-likeness (QED) is 0.796. The van der Waals surface area contributed by atoms with Crippen LogP contribution in [0, 0.1) is 0 Å². The van der Waals surface area contributed by atoms with Gasteiger partial charge >= 0.3 is 0 Å². The number of carbonyl (C=O) groups excluding carboxylic acids is 1. The molecule has 16 heavy (non-hydrogen) atoms. The minimum atomic E-state index is -0.0181. The van der Waals surface area contributed by atoms with Crippen LogP contribution >= 0.6 is 31.9 Å². The molecule has 1 rings (SSSR count). The zero-order valence-corrected chi connectivity index (χ0v) is 12.4. The Hall–Kier alpha value is -0.350. The molecular formula is C12H15Br2NO. The molecule has 0 aliphatic rings. The molecule has 0 spiro atoms. The van der Waals surface area contributed by atoms with Gasteiger partial charge in [-0.2, -0.15) is 0 Å². The molecule has 1 aromatic carbocycles. The molecule has 0 unspecified atom stereocenters. The third-order valence-corrected chi connectivity index (χ3v) is 3.39. The van der Waals surface area contributed by atoms with E-state index in [9.17, 15) is 4.79 Å². The first kappa shape index (κ1) is 13.7. The third kappa shape index (κ3) is 4.26. The number of nitrogens with one attached hydrogen (secondary N) is 1. The second-order valence-corrected chi connectivity index (χ2v) is 5.36. The van der Waals surface area contributed by atoms with Gasteiger partial charge in [-0.25, -0.2) is 0 Å². The van der Waals surface area contributed by atoms with Gasteiger partial charge in [0.25, 0.3) is 5.91 Å². The van der Waals surface area contributed by atoms with E-state index in [1.165, 1.54) is 0 Å². The molecule has 0 atom stereocenters. The molecule has 1 amide bonds. The summed E-state index contributed by atoms with van der Waals surface area (Å²) < 4.78 is 1.77. The maximum Gasteiger partial charge on any atom is 0.252 e. The number of hydrogen-bond acceptors (Lipinski definition) is 1. The highest BCUT2D eigenvalue weighted by Crippen LogP contribution is 2.21. The highest BCUT2D eigenvalue weighted by atomic mass is 79.9. The molecule has 0 saturated heterocycles. The highest BCUT2D eigenvalue weighted by molar-refractivity contribution is 9.11. The SMILES string of the molecule is CCCCCNC(=O)c1ccc(Br)cc1Br. The normalized spacial score (nSPS) is 10.2. The molecule has 4 heteroatoms. The van der Waals surface area contributed by atoms with E-state index in [-0.39, 0.29) is 5.91 Å². The Labute approximate surface area is 113 Å². The zero-order chi connectivity index (χ0) is 12.0. The van der Waals surface area contributed by atoms with Crippen LogP contribution in [0.5, 0.6) is 0 Å². The van der Waals surface area contributed by atoms with Crippen molar-refractivity contribution in [2.45, 2.75) is 26.2 Å². The number of amides is 1. The number of unbranched alkanes of at least 4 members (excludes halogenated alkanes) is 2. The van der Waals surface area contributed by atoms with E-state index < -0.39 is 0 Å². The minimum Gasteiger partial charge on any atom is -0.352 e. The first-order chi connectivity index (χ1) is 7.65. The smallest absolute Gasteiger partial charge is 0.252 e. The van der Waals surface area contributed by atoms with Crippen molar-refractivity contribution in [3.8, 4) is 0 Å². The molecule has 88 valence electrons. The topological polar surface area (TPSA) is 29.1 Å². The Morgan fingerprint density at radius 2 is 2.06 bits per heavy atom. The monoisotopic (exact) mass is 347 g/mol. The molecule has 1 N–H and O–H groups in total. The van der Waals surface area contributed by atoms with Crippen molar-refractivity contribution in [1.29, 1.82) is 0 Å². The lowest BCUT2D eigenvalue weighted by Gasteiger charge is -2.06. The Balaban J connectivity index is 2.53. The van der Waals surface area contributed by atoms with Crippen molar-refractivity contribution in [2.75, 3.05) is 6.54 Å². The number of hydrogen-bond donors (Lipinski definition) is 1. The van der Waals surface area contributed by atoms with Crippen molar-refractivity contribution < 1.29 is 4.79 Å². The predicted molar refractivity (Wildman–Crippen MR) is 73.7 cm³/mol. The third-order valence-electron chi connectivity index (χ3n) is 2.24. The molecule has 0 aromatic heterocycles. The Morgan fingerprint density at radius 1 is 1.31 bits per heavy atom. The van der Waals surface area contributed by atoms with E-state index in [1.54, 1.807) is 0 Å². The van der Waals surface area contributed by atoms with Crippen molar-refractivity contribution in [1.82, 2.24) is 5.32 Å². The van der Waals surface area contributed by atoms with Gasteiger partial charge in [-0.3, -0.25) is 4.79 Å². The minimum absolute atomic E-state index is 0.0181. The Bertz CT molecular complexity index is 366. The highest BCUT2D eigenvalue weighted by Gasteiger charge is 2.08. The van der Waals surface area contributed by atoms with Gasteiger partial charge in [0.1, 0.15) is 0 Å². The molecule has 0 bridgehead atoms. The lowest BCUT2D eigenvalue weighted by atomic mass is 10.2. The van der Waals surface area contributed by atoms with Gasteiger partial charge in [0, 0.05) is 15.5 Å². The molecule has 0 aliphatic heterocycles. The fourth-order valence-electron chi connectivity index (χ4n) is 1.35. The lowest BCUT2D eigenvalue weighted by Crippen LogP contribution is -2.24. The van der Waals surface area contributed by atoms with Crippen LogP contribution in [0.4, 0.5) is 0 Å². The number of carbonyl (C=O) groups is 1. The summed E-state index contributed by atoms with van der Waals surface area (Å²) in [6.45, 7) is 2.89. The van der Waals surface area contributed by atoms with Gasteiger partial charge in [-0.1, -0.05) is 35.7 Å². The van der Waals surface area contributed by atoms with Crippen molar-refractivity contribution >= 4 is 37.8 Å². The summed E-state index contributed by atoms with van der Waals surface area (Å²) in [4.78, 5) is 11.8. The van der Waals surface area contributed by atoms with Gasteiger partial charge in [-0.05, 0) is 40.5 Å². The first-order valence-electron chi connectivity index (χ1n) is 5.38. The molecule has 0 heterocycles. The molecule has 0 saturated carbocycles. The second kappa shape index (κ2) is 7.07. The number of benzene rings is 1. The number of rotatable bonds is 5. The van der Waals surface area contributed by atoms with E-state index in [0.29, 0.717) is 5.56 Å². The van der Waals surface area contributed by atoms with Crippen LogP contribution in [0.15, 0.2) is 27.1 Å². The van der Waals surface area contributed by atoms with Crippen LogP contribution in [-0.2, 0) is 0 Å². The van der Waals surface area contributed by atoms with Crippen LogP contribution in [0.25, 0.3) is 0 Å². The van der Waals surface area contributed by atoms with Crippen molar-refractivity contribution in [3.05, 3.63) is 32.7 Å². The van der Waals surface area contributed by atoms with E-state index in [0.717, 1.165) is 34.8 Å². The van der Waals surface area contributed by atoms with E-state index in [2.05, 4.69) is 44.1 Å². The summed E-state index contributed by atoms with van der Waals surface area (Å²) in [6.07, 6.45) is 3.36. The fourth-order valence-corrected chi connectivity index (χ4v) is 2.57. The molecule has 0 fully saturated rings. The lowest BCUT2D eigenvalue weighted by molar-refractivity contribution is 0.0952. The molecular weight excluding hydrogens is 334 g/mol. The second-order valence-electron chi connectivity index (χ2n) is 3.59. The van der Waals surface area contributed by atoms with E-state index in [4.69, 9.17) is 0 Å². The summed E-state index contributed by atoms with van der Waals surface area (Å²) in [5.74, 6) is -0.0181. The molecule has 2 nitrogen and oxygen atoms in total. The Morgan fingerprint density at radius 3 is 2.69 bits per heavy atom. The average molecular weight is 349 g/mol. The standard InChI is InChI=1S/C12H15Br2NO/c1-2-3-4-7-15-12(16)10-6-5-9(13)8-11(10)14/h5-6,8H,2-4,7H2,1H3,(H,15,16). The molecule has 0 radical (unpaired) electrons. The van der Waals surface area contributed by atoms with Gasteiger partial charge < -0.3 is 5.32 Å². The van der Waals surface area contributed by atoms with Crippen LogP contribution in [0.3, 0.4) is 0 Å². The van der Waals surface area contributed by atoms with Gasteiger partial charge in [0.05, 0.1) is 5.56 Å². The number of halogens is 2. The molecule has 0 aliphatic carbocycles. The van der Waals surface area contributed by atoms with Gasteiger partial charge in [-0.15, -0.1) is 0 Å². The first-order valence-corrected chi connectivity index (χ1v) is 6.97. The summed E-state index contributed by atoms with van der Waals surface area (Å²) in [7, 11) is 0. The average Bonchev–Trinajstić information content (AvgIpc) is 2.24. The zero-order valence-electron chi connectivity index (χ0n) is 9.22. The predicted octanol–water partition coefficient (Wildman–Crippen LogP) is 4.13. The van der Waals surface area contributed by atoms with Crippen molar-refractivity contribution in [3.63, 3.8) is 0 Å². The van der Waals surface area contributed by atoms with Crippen molar-refractivity contribution in [2.24, 2.45) is 0 Å². The maximum atomic E-state index is 11.8.